The zero-order chi connectivity index (χ0) is 14.4. The quantitative estimate of drug-likeness (QED) is 0.684. The van der Waals surface area contributed by atoms with Crippen molar-refractivity contribution in [1.82, 2.24) is 0 Å². The van der Waals surface area contributed by atoms with Gasteiger partial charge < -0.3 is 14.8 Å². The predicted molar refractivity (Wildman–Crippen MR) is 72.2 cm³/mol. The second-order valence-corrected chi connectivity index (χ2v) is 4.11. The molecule has 102 valence electrons. The summed E-state index contributed by atoms with van der Waals surface area (Å²) in [5.74, 6) is -1.46. The van der Waals surface area contributed by atoms with Crippen molar-refractivity contribution in [2.75, 3.05) is 19.5 Å². The van der Waals surface area contributed by atoms with Gasteiger partial charge in [0.2, 0.25) is 0 Å². The molecule has 0 saturated heterocycles. The third-order valence-corrected chi connectivity index (χ3v) is 2.72. The first-order chi connectivity index (χ1) is 8.99. The zero-order valence-electron chi connectivity index (χ0n) is 10.2. The molecule has 1 aromatic carbocycles. The summed E-state index contributed by atoms with van der Waals surface area (Å²) >= 11 is 11.9. The molecule has 19 heavy (non-hydrogen) atoms. The molecule has 1 N–H and O–H groups in total. The van der Waals surface area contributed by atoms with Gasteiger partial charge in [0.1, 0.15) is 5.70 Å². The van der Waals surface area contributed by atoms with E-state index in [1.165, 1.54) is 14.2 Å². The third-order valence-electron chi connectivity index (χ3n) is 2.09. The molecule has 0 amide bonds. The van der Waals surface area contributed by atoms with Gasteiger partial charge >= 0.3 is 11.9 Å². The van der Waals surface area contributed by atoms with E-state index in [0.29, 0.717) is 15.7 Å². The standard InChI is InChI=1S/C12H11Cl2NO4/c1-18-10(16)6-9(12(17)19-2)15-11-7(13)4-3-5-8(11)14/h3-6,15H,1-2H3/b9-6+. The van der Waals surface area contributed by atoms with Crippen molar-refractivity contribution in [3.05, 3.63) is 40.0 Å². The van der Waals surface area contributed by atoms with Gasteiger partial charge in [0, 0.05) is 0 Å². The summed E-state index contributed by atoms with van der Waals surface area (Å²) in [7, 11) is 2.37. The van der Waals surface area contributed by atoms with Gasteiger partial charge in [0.15, 0.2) is 0 Å². The highest BCUT2D eigenvalue weighted by Gasteiger charge is 2.15. The van der Waals surface area contributed by atoms with Crippen LogP contribution in [0.2, 0.25) is 10.0 Å². The van der Waals surface area contributed by atoms with Crippen LogP contribution in [0.15, 0.2) is 30.0 Å². The van der Waals surface area contributed by atoms with Gasteiger partial charge in [0.05, 0.1) is 36.0 Å². The highest BCUT2D eigenvalue weighted by molar-refractivity contribution is 6.39. The molecule has 7 heteroatoms. The Morgan fingerprint density at radius 2 is 1.74 bits per heavy atom. The highest BCUT2D eigenvalue weighted by Crippen LogP contribution is 2.31. The van der Waals surface area contributed by atoms with Crippen LogP contribution in [-0.4, -0.2) is 26.2 Å². The van der Waals surface area contributed by atoms with Crippen molar-refractivity contribution < 1.29 is 19.1 Å². The van der Waals surface area contributed by atoms with Crippen molar-refractivity contribution in [2.24, 2.45) is 0 Å². The summed E-state index contributed by atoms with van der Waals surface area (Å²) in [6, 6.07) is 4.82. The highest BCUT2D eigenvalue weighted by atomic mass is 35.5. The summed E-state index contributed by atoms with van der Waals surface area (Å²) in [6.45, 7) is 0. The lowest BCUT2D eigenvalue weighted by Gasteiger charge is -2.11. The second kappa shape index (κ2) is 7.01. The number of rotatable bonds is 4. The van der Waals surface area contributed by atoms with Crippen LogP contribution in [0, 0.1) is 0 Å². The topological polar surface area (TPSA) is 64.6 Å². The molecule has 0 aliphatic carbocycles. The molecule has 0 fully saturated rings. The number of carbonyl (C=O) groups is 2. The summed E-state index contributed by atoms with van der Waals surface area (Å²) in [5, 5.41) is 3.25. The van der Waals surface area contributed by atoms with E-state index in [2.05, 4.69) is 14.8 Å². The van der Waals surface area contributed by atoms with E-state index in [4.69, 9.17) is 23.2 Å². The van der Waals surface area contributed by atoms with Crippen LogP contribution in [-0.2, 0) is 19.1 Å². The van der Waals surface area contributed by atoms with Gasteiger partial charge in [-0.3, -0.25) is 0 Å². The summed E-state index contributed by atoms with van der Waals surface area (Å²) in [5.41, 5.74) is 0.163. The van der Waals surface area contributed by atoms with Crippen molar-refractivity contribution in [3.63, 3.8) is 0 Å². The predicted octanol–water partition coefficient (Wildman–Crippen LogP) is 2.64. The fraction of sp³-hybridized carbons (Fsp3) is 0.167. The largest absolute Gasteiger partial charge is 0.466 e. The molecule has 0 atom stereocenters. The molecule has 0 aliphatic heterocycles. The molecule has 5 nitrogen and oxygen atoms in total. The molecule has 0 heterocycles. The van der Waals surface area contributed by atoms with Crippen LogP contribution in [0.1, 0.15) is 0 Å². The number of hydrogen-bond acceptors (Lipinski definition) is 5. The average molecular weight is 304 g/mol. The lowest BCUT2D eigenvalue weighted by atomic mass is 10.3. The van der Waals surface area contributed by atoms with Crippen molar-refractivity contribution in [2.45, 2.75) is 0 Å². The van der Waals surface area contributed by atoms with Gasteiger partial charge in [-0.25, -0.2) is 9.59 Å². The Kier molecular flexibility index (Phi) is 5.66. The molecular weight excluding hydrogens is 293 g/mol. The normalized spacial score (nSPS) is 10.8. The number of para-hydroxylation sites is 1. The van der Waals surface area contributed by atoms with Gasteiger partial charge in [-0.15, -0.1) is 0 Å². The van der Waals surface area contributed by atoms with E-state index in [0.717, 1.165) is 6.08 Å². The van der Waals surface area contributed by atoms with Gasteiger partial charge in [0.25, 0.3) is 0 Å². The number of hydrogen-bond donors (Lipinski definition) is 1. The van der Waals surface area contributed by atoms with Crippen LogP contribution in [0.5, 0.6) is 0 Å². The van der Waals surface area contributed by atoms with E-state index < -0.39 is 11.9 Å². The summed E-state index contributed by atoms with van der Waals surface area (Å²) in [6.07, 6.45) is 0.950. The number of benzene rings is 1. The molecule has 1 rings (SSSR count). The molecule has 0 saturated carbocycles. The Balaban J connectivity index is 3.11. The van der Waals surface area contributed by atoms with Crippen LogP contribution in [0.4, 0.5) is 5.69 Å². The maximum atomic E-state index is 11.5. The fourth-order valence-electron chi connectivity index (χ4n) is 1.18. The number of halogens is 2. The molecular formula is C12H11Cl2NO4. The third kappa shape index (κ3) is 4.15. The Morgan fingerprint density at radius 3 is 2.21 bits per heavy atom. The van der Waals surface area contributed by atoms with Crippen LogP contribution < -0.4 is 5.32 Å². The molecule has 0 bridgehead atoms. The first-order valence-corrected chi connectivity index (χ1v) is 5.84. The van der Waals surface area contributed by atoms with Gasteiger partial charge in [-0.1, -0.05) is 29.3 Å². The minimum absolute atomic E-state index is 0.135. The molecule has 0 aliphatic rings. The molecule has 0 spiro atoms. The molecule has 0 radical (unpaired) electrons. The number of ether oxygens (including phenoxy) is 2. The summed E-state index contributed by atoms with van der Waals surface area (Å²) in [4.78, 5) is 22.7. The maximum absolute atomic E-state index is 11.5. The van der Waals surface area contributed by atoms with E-state index in [1.807, 2.05) is 0 Å². The first-order valence-electron chi connectivity index (χ1n) is 5.08. The van der Waals surface area contributed by atoms with Crippen molar-refractivity contribution >= 4 is 40.8 Å². The number of methoxy groups -OCH3 is 2. The van der Waals surface area contributed by atoms with Crippen LogP contribution in [0.3, 0.4) is 0 Å². The Morgan fingerprint density at radius 1 is 1.16 bits per heavy atom. The van der Waals surface area contributed by atoms with Crippen molar-refractivity contribution in [3.8, 4) is 0 Å². The monoisotopic (exact) mass is 303 g/mol. The summed E-state index contributed by atoms with van der Waals surface area (Å²) < 4.78 is 8.99. The van der Waals surface area contributed by atoms with Crippen LogP contribution in [0.25, 0.3) is 0 Å². The number of carbonyl (C=O) groups excluding carboxylic acids is 2. The van der Waals surface area contributed by atoms with E-state index in [9.17, 15) is 9.59 Å². The lowest BCUT2D eigenvalue weighted by Crippen LogP contribution is -2.15. The SMILES string of the molecule is COC(=O)/C=C(/Nc1c(Cl)cccc1Cl)C(=O)OC. The van der Waals surface area contributed by atoms with E-state index in [-0.39, 0.29) is 5.70 Å². The van der Waals surface area contributed by atoms with Gasteiger partial charge in [-0.2, -0.15) is 0 Å². The first kappa shape index (κ1) is 15.3. The Labute approximate surface area is 120 Å². The molecule has 0 aromatic heterocycles. The number of nitrogens with one attached hydrogen (secondary N) is 1. The van der Waals surface area contributed by atoms with Gasteiger partial charge in [-0.05, 0) is 12.1 Å². The van der Waals surface area contributed by atoms with Crippen LogP contribution >= 0.6 is 23.2 Å². The number of esters is 2. The smallest absolute Gasteiger partial charge is 0.354 e. The molecule has 0 unspecified atom stereocenters. The lowest BCUT2D eigenvalue weighted by molar-refractivity contribution is -0.138. The van der Waals surface area contributed by atoms with E-state index >= 15 is 0 Å². The average Bonchev–Trinajstić information content (AvgIpc) is 2.40. The van der Waals surface area contributed by atoms with Crippen molar-refractivity contribution in [1.29, 1.82) is 0 Å². The van der Waals surface area contributed by atoms with E-state index in [1.54, 1.807) is 18.2 Å². The molecule has 1 aromatic rings. The Bertz CT molecular complexity index is 508. The Hall–Kier alpha value is -1.72. The minimum atomic E-state index is -0.749. The second-order valence-electron chi connectivity index (χ2n) is 3.29. The zero-order valence-corrected chi connectivity index (χ0v) is 11.7. The number of anilines is 1. The maximum Gasteiger partial charge on any atom is 0.354 e. The fourth-order valence-corrected chi connectivity index (χ4v) is 1.68. The minimum Gasteiger partial charge on any atom is -0.466 e.